The van der Waals surface area contributed by atoms with Crippen LogP contribution in [0.15, 0.2) is 18.2 Å². The SMILES string of the molecule is CC1CN(C)c2cc(CC(C)(C)O)ccc21. The summed E-state index contributed by atoms with van der Waals surface area (Å²) in [5.74, 6) is 0.621. The molecule has 1 heterocycles. The van der Waals surface area contributed by atoms with Gasteiger partial charge in [0.2, 0.25) is 0 Å². The summed E-state index contributed by atoms with van der Waals surface area (Å²) in [4.78, 5) is 2.30. The minimum Gasteiger partial charge on any atom is -0.390 e. The van der Waals surface area contributed by atoms with Crippen LogP contribution < -0.4 is 4.90 Å². The van der Waals surface area contributed by atoms with E-state index in [1.807, 2.05) is 13.8 Å². The van der Waals surface area contributed by atoms with Gasteiger partial charge in [0.25, 0.3) is 0 Å². The monoisotopic (exact) mass is 219 g/mol. The first-order chi connectivity index (χ1) is 7.37. The number of benzene rings is 1. The molecule has 16 heavy (non-hydrogen) atoms. The molecule has 0 saturated carbocycles. The number of rotatable bonds is 2. The molecule has 0 fully saturated rings. The van der Waals surface area contributed by atoms with Crippen LogP contribution in [0.1, 0.15) is 37.8 Å². The average Bonchev–Trinajstić information content (AvgIpc) is 2.40. The zero-order valence-electron chi connectivity index (χ0n) is 10.6. The summed E-state index contributed by atoms with van der Waals surface area (Å²) < 4.78 is 0. The highest BCUT2D eigenvalue weighted by atomic mass is 16.3. The smallest absolute Gasteiger partial charge is 0.0631 e. The molecule has 0 spiro atoms. The Morgan fingerprint density at radius 1 is 1.44 bits per heavy atom. The van der Waals surface area contributed by atoms with Crippen molar-refractivity contribution in [3.63, 3.8) is 0 Å². The number of likely N-dealkylation sites (N-methyl/N-ethyl adjacent to an activating group) is 1. The lowest BCUT2D eigenvalue weighted by molar-refractivity contribution is 0.0810. The lowest BCUT2D eigenvalue weighted by atomic mass is 9.95. The number of fused-ring (bicyclic) bond motifs is 1. The van der Waals surface area contributed by atoms with Gasteiger partial charge in [0.15, 0.2) is 0 Å². The Balaban J connectivity index is 2.30. The molecule has 1 aromatic rings. The Bertz CT molecular complexity index is 392. The topological polar surface area (TPSA) is 23.5 Å². The average molecular weight is 219 g/mol. The molecule has 0 radical (unpaired) electrons. The molecule has 2 rings (SSSR count). The van der Waals surface area contributed by atoms with Gasteiger partial charge in [-0.1, -0.05) is 19.1 Å². The van der Waals surface area contributed by atoms with Crippen molar-refractivity contribution in [2.24, 2.45) is 0 Å². The molecule has 2 heteroatoms. The predicted octanol–water partition coefficient (Wildman–Crippen LogP) is 2.55. The lowest BCUT2D eigenvalue weighted by Crippen LogP contribution is -2.22. The Morgan fingerprint density at radius 2 is 2.12 bits per heavy atom. The van der Waals surface area contributed by atoms with Gasteiger partial charge >= 0.3 is 0 Å². The molecule has 2 nitrogen and oxygen atoms in total. The molecule has 1 aliphatic heterocycles. The van der Waals surface area contributed by atoms with Crippen molar-refractivity contribution in [1.82, 2.24) is 0 Å². The van der Waals surface area contributed by atoms with E-state index in [2.05, 4.69) is 37.1 Å². The maximum atomic E-state index is 9.82. The van der Waals surface area contributed by atoms with E-state index in [1.165, 1.54) is 16.8 Å². The van der Waals surface area contributed by atoms with Crippen LogP contribution in [-0.4, -0.2) is 24.3 Å². The van der Waals surface area contributed by atoms with Gasteiger partial charge in [-0.25, -0.2) is 0 Å². The summed E-state index contributed by atoms with van der Waals surface area (Å²) in [6, 6.07) is 6.58. The first-order valence-electron chi connectivity index (χ1n) is 5.93. The fourth-order valence-corrected chi connectivity index (χ4v) is 2.55. The van der Waals surface area contributed by atoms with E-state index in [0.717, 1.165) is 6.54 Å². The molecule has 1 atom stereocenters. The third-order valence-electron chi connectivity index (χ3n) is 3.22. The highest BCUT2D eigenvalue weighted by Crippen LogP contribution is 2.35. The van der Waals surface area contributed by atoms with Crippen molar-refractivity contribution < 1.29 is 5.11 Å². The van der Waals surface area contributed by atoms with Gasteiger partial charge in [0, 0.05) is 31.6 Å². The van der Waals surface area contributed by atoms with Gasteiger partial charge in [-0.05, 0) is 31.0 Å². The highest BCUT2D eigenvalue weighted by Gasteiger charge is 2.23. The third kappa shape index (κ3) is 2.22. The van der Waals surface area contributed by atoms with Crippen LogP contribution in [0.3, 0.4) is 0 Å². The largest absolute Gasteiger partial charge is 0.390 e. The van der Waals surface area contributed by atoms with Gasteiger partial charge in [0.05, 0.1) is 5.60 Å². The Hall–Kier alpha value is -1.02. The second-order valence-corrected chi connectivity index (χ2v) is 5.66. The Morgan fingerprint density at radius 3 is 2.75 bits per heavy atom. The summed E-state index contributed by atoms with van der Waals surface area (Å²) in [6.07, 6.45) is 0.711. The van der Waals surface area contributed by atoms with Crippen molar-refractivity contribution >= 4 is 5.69 Å². The minimum absolute atomic E-state index is 0.621. The molecule has 0 aliphatic carbocycles. The van der Waals surface area contributed by atoms with E-state index in [9.17, 15) is 5.11 Å². The van der Waals surface area contributed by atoms with Crippen molar-refractivity contribution in [3.05, 3.63) is 29.3 Å². The molecule has 1 unspecified atom stereocenters. The van der Waals surface area contributed by atoms with Gasteiger partial charge in [0.1, 0.15) is 0 Å². The highest BCUT2D eigenvalue weighted by molar-refractivity contribution is 5.61. The van der Waals surface area contributed by atoms with Gasteiger partial charge in [-0.3, -0.25) is 0 Å². The van der Waals surface area contributed by atoms with Crippen LogP contribution in [0.25, 0.3) is 0 Å². The maximum absolute atomic E-state index is 9.82. The number of hydrogen-bond acceptors (Lipinski definition) is 2. The lowest BCUT2D eigenvalue weighted by Gasteiger charge is -2.19. The van der Waals surface area contributed by atoms with Crippen LogP contribution in [0, 0.1) is 0 Å². The second-order valence-electron chi connectivity index (χ2n) is 5.66. The molecule has 1 aliphatic rings. The molecule has 0 aromatic heterocycles. The zero-order chi connectivity index (χ0) is 11.9. The van der Waals surface area contributed by atoms with Crippen LogP contribution in [0.4, 0.5) is 5.69 Å². The first kappa shape index (κ1) is 11.5. The Kier molecular flexibility index (Phi) is 2.70. The van der Waals surface area contributed by atoms with E-state index in [4.69, 9.17) is 0 Å². The third-order valence-corrected chi connectivity index (χ3v) is 3.22. The first-order valence-corrected chi connectivity index (χ1v) is 5.93. The van der Waals surface area contributed by atoms with E-state index >= 15 is 0 Å². The van der Waals surface area contributed by atoms with E-state index in [0.29, 0.717) is 12.3 Å². The van der Waals surface area contributed by atoms with Gasteiger partial charge < -0.3 is 10.0 Å². The number of anilines is 1. The van der Waals surface area contributed by atoms with Crippen molar-refractivity contribution in [1.29, 1.82) is 0 Å². The van der Waals surface area contributed by atoms with E-state index in [-0.39, 0.29) is 0 Å². The zero-order valence-corrected chi connectivity index (χ0v) is 10.6. The normalized spacial score (nSPS) is 20.1. The molecule has 1 N–H and O–H groups in total. The van der Waals surface area contributed by atoms with Crippen molar-refractivity contribution in [2.45, 2.75) is 38.7 Å². The van der Waals surface area contributed by atoms with Crippen LogP contribution >= 0.6 is 0 Å². The quantitative estimate of drug-likeness (QED) is 0.826. The standard InChI is InChI=1S/C14H21NO/c1-10-9-15(4)13-7-11(5-6-12(10)13)8-14(2,3)16/h5-7,10,16H,8-9H2,1-4H3. The number of hydrogen-bond donors (Lipinski definition) is 1. The molecule has 88 valence electrons. The van der Waals surface area contributed by atoms with E-state index < -0.39 is 5.60 Å². The van der Waals surface area contributed by atoms with Crippen molar-refractivity contribution in [2.75, 3.05) is 18.5 Å². The maximum Gasteiger partial charge on any atom is 0.0631 e. The molecule has 0 bridgehead atoms. The molecular formula is C14H21NO. The van der Waals surface area contributed by atoms with Crippen LogP contribution in [-0.2, 0) is 6.42 Å². The minimum atomic E-state index is -0.628. The molecule has 0 saturated heterocycles. The van der Waals surface area contributed by atoms with Gasteiger partial charge in [-0.15, -0.1) is 0 Å². The Labute approximate surface area is 97.9 Å². The van der Waals surface area contributed by atoms with Crippen LogP contribution in [0.5, 0.6) is 0 Å². The fourth-order valence-electron chi connectivity index (χ4n) is 2.55. The molecule has 0 amide bonds. The summed E-state index contributed by atoms with van der Waals surface area (Å²) in [7, 11) is 2.14. The summed E-state index contributed by atoms with van der Waals surface area (Å²) >= 11 is 0. The fraction of sp³-hybridized carbons (Fsp3) is 0.571. The predicted molar refractivity (Wildman–Crippen MR) is 68.1 cm³/mol. The summed E-state index contributed by atoms with van der Waals surface area (Å²) in [5.41, 5.74) is 3.35. The summed E-state index contributed by atoms with van der Waals surface area (Å²) in [6.45, 7) is 7.07. The summed E-state index contributed by atoms with van der Waals surface area (Å²) in [5, 5.41) is 9.82. The number of nitrogens with zero attached hydrogens (tertiary/aromatic N) is 1. The van der Waals surface area contributed by atoms with Crippen LogP contribution in [0.2, 0.25) is 0 Å². The molecular weight excluding hydrogens is 198 g/mol. The number of aliphatic hydroxyl groups is 1. The van der Waals surface area contributed by atoms with Gasteiger partial charge in [-0.2, -0.15) is 0 Å². The van der Waals surface area contributed by atoms with E-state index in [1.54, 1.807) is 0 Å². The van der Waals surface area contributed by atoms with Crippen molar-refractivity contribution in [3.8, 4) is 0 Å². The molecule has 1 aromatic carbocycles. The second kappa shape index (κ2) is 3.77.